The molecule has 0 aliphatic carbocycles. The zero-order chi connectivity index (χ0) is 29.5. The molecule has 1 aliphatic rings. The Morgan fingerprint density at radius 1 is 1.23 bits per heavy atom. The smallest absolute Gasteiger partial charge is 0.422 e. The lowest BCUT2D eigenvalue weighted by molar-refractivity contribution is -0.137. The second-order valence-electron chi connectivity index (χ2n) is 8.45. The first kappa shape index (κ1) is 31.2. The molecule has 17 heteroatoms. The van der Waals surface area contributed by atoms with Crippen molar-refractivity contribution in [3.8, 4) is 17.4 Å². The van der Waals surface area contributed by atoms with Gasteiger partial charge in [0.05, 0.1) is 12.2 Å². The lowest BCUT2D eigenvalue weighted by atomic mass is 10.2. The van der Waals surface area contributed by atoms with Gasteiger partial charge in [0.1, 0.15) is 29.7 Å². The Bertz CT molecular complexity index is 1330. The first-order valence-electron chi connectivity index (χ1n) is 11.7. The van der Waals surface area contributed by atoms with E-state index in [1.165, 1.54) is 32.2 Å². The molecule has 1 saturated heterocycles. The van der Waals surface area contributed by atoms with Crippen molar-refractivity contribution in [2.24, 2.45) is 0 Å². The van der Waals surface area contributed by atoms with Crippen LogP contribution in [0.1, 0.15) is 24.5 Å². The number of hydrogen-bond donors (Lipinski definition) is 2. The molecule has 40 heavy (non-hydrogen) atoms. The van der Waals surface area contributed by atoms with Gasteiger partial charge in [0, 0.05) is 51.0 Å². The average Bonchev–Trinajstić information content (AvgIpc) is 3.33. The minimum absolute atomic E-state index is 0.0222. The maximum Gasteiger partial charge on any atom is 0.422 e. The third kappa shape index (κ3) is 8.84. The first-order valence-corrected chi connectivity index (χ1v) is 13.5. The van der Waals surface area contributed by atoms with Gasteiger partial charge in [-0.15, -0.1) is 0 Å². The summed E-state index contributed by atoms with van der Waals surface area (Å²) in [5, 5.41) is 2.18. The molecule has 12 nitrogen and oxygen atoms in total. The Labute approximate surface area is 232 Å². The Morgan fingerprint density at radius 3 is 2.62 bits per heavy atom. The minimum atomic E-state index is -4.67. The first-order chi connectivity index (χ1) is 18.8. The van der Waals surface area contributed by atoms with Crippen LogP contribution < -0.4 is 19.5 Å². The number of methoxy groups -OCH3 is 1. The van der Waals surface area contributed by atoms with Crippen LogP contribution in [0.4, 0.5) is 18.0 Å². The van der Waals surface area contributed by atoms with Gasteiger partial charge in [0.15, 0.2) is 0 Å². The van der Waals surface area contributed by atoms with Crippen LogP contribution in [0.2, 0.25) is 5.02 Å². The minimum Gasteiger partial charge on any atom is -0.491 e. The average molecular weight is 611 g/mol. The van der Waals surface area contributed by atoms with Gasteiger partial charge in [-0.3, -0.25) is 4.79 Å². The molecule has 0 spiro atoms. The number of ether oxygens (including phenoxy) is 4. The third-order valence-corrected chi connectivity index (χ3v) is 7.11. The van der Waals surface area contributed by atoms with Crippen LogP contribution in [0, 0.1) is 0 Å². The number of halogens is 4. The van der Waals surface area contributed by atoms with Crippen molar-refractivity contribution in [3.63, 3.8) is 0 Å². The van der Waals surface area contributed by atoms with Crippen molar-refractivity contribution in [3.05, 3.63) is 46.6 Å². The Kier molecular flexibility index (Phi) is 10.4. The molecular weight excluding hydrogens is 585 g/mol. The van der Waals surface area contributed by atoms with Crippen molar-refractivity contribution >= 4 is 33.8 Å². The molecule has 1 fully saturated rings. The van der Waals surface area contributed by atoms with Crippen LogP contribution in [0.5, 0.6) is 17.4 Å². The van der Waals surface area contributed by atoms with Gasteiger partial charge >= 0.3 is 22.5 Å². The molecule has 2 heterocycles. The van der Waals surface area contributed by atoms with Gasteiger partial charge in [0.25, 0.3) is 0 Å². The van der Waals surface area contributed by atoms with E-state index in [-0.39, 0.29) is 61.2 Å². The predicted octanol–water partition coefficient (Wildman–Crippen LogP) is 3.25. The number of carbonyl (C=O) groups is 2. The number of nitrogens with zero attached hydrogens (tertiary/aromatic N) is 2. The number of hydrogen-bond acceptors (Lipinski definition) is 9. The van der Waals surface area contributed by atoms with E-state index in [9.17, 15) is 31.2 Å². The molecule has 1 atom stereocenters. The Morgan fingerprint density at radius 2 is 1.98 bits per heavy atom. The van der Waals surface area contributed by atoms with Crippen molar-refractivity contribution in [2.75, 3.05) is 33.4 Å². The Balaban J connectivity index is 1.72. The summed E-state index contributed by atoms with van der Waals surface area (Å²) < 4.78 is 87.9. The van der Waals surface area contributed by atoms with E-state index < -0.39 is 39.7 Å². The lowest BCUT2D eigenvalue weighted by Gasteiger charge is -2.18. The highest BCUT2D eigenvalue weighted by molar-refractivity contribution is 7.87. The van der Waals surface area contributed by atoms with E-state index in [2.05, 4.69) is 10.3 Å². The summed E-state index contributed by atoms with van der Waals surface area (Å²) >= 11 is 5.96. The fourth-order valence-corrected chi connectivity index (χ4v) is 4.86. The van der Waals surface area contributed by atoms with Crippen LogP contribution in [-0.4, -0.2) is 69.2 Å². The monoisotopic (exact) mass is 610 g/mol. The normalized spacial score (nSPS) is 15.9. The van der Waals surface area contributed by atoms with Crippen molar-refractivity contribution < 1.29 is 50.1 Å². The Hall–Kier alpha value is -3.34. The predicted molar refractivity (Wildman–Crippen MR) is 134 cm³/mol. The van der Waals surface area contributed by atoms with Crippen LogP contribution in [0.15, 0.2) is 30.5 Å². The zero-order valence-corrected chi connectivity index (χ0v) is 22.9. The number of rotatable bonds is 11. The summed E-state index contributed by atoms with van der Waals surface area (Å²) in [6.07, 6.45) is -5.05. The van der Waals surface area contributed by atoms with Gasteiger partial charge in [0.2, 0.25) is 11.8 Å². The second-order valence-corrected chi connectivity index (χ2v) is 10.5. The zero-order valence-electron chi connectivity index (χ0n) is 21.3. The van der Waals surface area contributed by atoms with Crippen LogP contribution in [0.25, 0.3) is 0 Å². The van der Waals surface area contributed by atoms with Gasteiger partial charge in [-0.25, -0.2) is 14.5 Å². The molecule has 3 rings (SSSR count). The summed E-state index contributed by atoms with van der Waals surface area (Å²) in [5.41, 5.74) is -0.888. The number of carbonyl (C=O) groups excluding carboxylic acids is 2. The van der Waals surface area contributed by atoms with Crippen LogP contribution in [0.3, 0.4) is 0 Å². The molecule has 1 aromatic carbocycles. The highest BCUT2D eigenvalue weighted by Crippen LogP contribution is 2.36. The number of aromatic nitrogens is 1. The number of amides is 2. The molecule has 2 aromatic rings. The number of nitrogens with one attached hydrogen (secondary N) is 2. The van der Waals surface area contributed by atoms with E-state index in [0.29, 0.717) is 18.7 Å². The molecule has 1 aromatic heterocycles. The van der Waals surface area contributed by atoms with Crippen molar-refractivity contribution in [1.82, 2.24) is 19.3 Å². The van der Waals surface area contributed by atoms with E-state index >= 15 is 0 Å². The van der Waals surface area contributed by atoms with Crippen LogP contribution in [-0.2, 0) is 37.3 Å². The van der Waals surface area contributed by atoms with E-state index in [4.69, 9.17) is 30.5 Å². The van der Waals surface area contributed by atoms with Crippen molar-refractivity contribution in [1.29, 1.82) is 0 Å². The summed E-state index contributed by atoms with van der Waals surface area (Å²) in [5.74, 6) is -0.414. The summed E-state index contributed by atoms with van der Waals surface area (Å²) in [6.45, 7) is 1.31. The number of alkyl halides is 3. The van der Waals surface area contributed by atoms with Gasteiger partial charge in [-0.2, -0.15) is 25.9 Å². The largest absolute Gasteiger partial charge is 0.491 e. The summed E-state index contributed by atoms with van der Waals surface area (Å²) in [4.78, 5) is 27.2. The molecule has 0 saturated carbocycles. The highest BCUT2D eigenvalue weighted by Gasteiger charge is 2.34. The van der Waals surface area contributed by atoms with Gasteiger partial charge in [-0.05, 0) is 24.6 Å². The molecule has 0 radical (unpaired) electrons. The number of pyridine rings is 1. The maximum atomic E-state index is 13.0. The van der Waals surface area contributed by atoms with Crippen molar-refractivity contribution in [2.45, 2.75) is 32.2 Å². The fraction of sp³-hybridized carbons (Fsp3) is 0.435. The van der Waals surface area contributed by atoms with E-state index in [1.54, 1.807) is 4.72 Å². The van der Waals surface area contributed by atoms with E-state index in [0.717, 1.165) is 4.31 Å². The maximum absolute atomic E-state index is 13.0. The molecule has 0 bridgehead atoms. The molecule has 1 aliphatic heterocycles. The molecule has 2 N–H and O–H groups in total. The van der Waals surface area contributed by atoms with E-state index in [1.807, 2.05) is 0 Å². The topological polar surface area (TPSA) is 145 Å². The van der Waals surface area contributed by atoms with Gasteiger partial charge < -0.3 is 24.3 Å². The summed E-state index contributed by atoms with van der Waals surface area (Å²) in [7, 11) is -2.78. The number of benzene rings is 1. The second kappa shape index (κ2) is 13.3. The molecule has 1 unspecified atom stereocenters. The summed E-state index contributed by atoms with van der Waals surface area (Å²) in [6, 6.07) is 4.57. The molecular formula is C23H26ClF3N4O8S. The molecule has 2 amide bonds. The third-order valence-electron chi connectivity index (χ3n) is 5.41. The highest BCUT2D eigenvalue weighted by atomic mass is 35.5. The quantitative estimate of drug-likeness (QED) is 0.366. The fourth-order valence-electron chi connectivity index (χ4n) is 3.54. The molecule has 220 valence electrons. The lowest BCUT2D eigenvalue weighted by Crippen LogP contribution is -2.44. The van der Waals surface area contributed by atoms with Crippen LogP contribution >= 0.6 is 11.6 Å². The van der Waals surface area contributed by atoms with Gasteiger partial charge in [-0.1, -0.05) is 11.6 Å². The SMILES string of the molecule is COCCOc1ccc(COC(=O)NS(=O)(=O)N2CCC(NC(C)=O)C2)c(Oc2ncc(C(F)(F)F)cc2Cl)c1. The standard InChI is InChI=1S/C23H26ClF3N4O8S/c1-14(32)29-17-5-6-31(12-17)40(34,35)30-22(33)38-13-15-3-4-18(37-8-7-36-2)10-20(15)39-21-19(24)9-16(11-28-21)23(25,26)27/h3-4,9-11,17H,5-8,12-13H2,1-2H3,(H,29,32)(H,30,33).